The predicted octanol–water partition coefficient (Wildman–Crippen LogP) is 3.12. The average molecular weight is 332 g/mol. The maximum Gasteiger partial charge on any atom is 0.410 e. The number of aliphatic imine (C=N–C) groups is 1. The number of hydrogen-bond donors (Lipinski definition) is 2. The van der Waals surface area contributed by atoms with Crippen LogP contribution >= 0.6 is 0 Å². The Bertz CT molecular complexity index is 603. The summed E-state index contributed by atoms with van der Waals surface area (Å²) in [5.41, 5.74) is 7.48. The fourth-order valence-corrected chi connectivity index (χ4v) is 2.32. The van der Waals surface area contributed by atoms with E-state index in [1.807, 2.05) is 52.0 Å². The molecule has 6 nitrogen and oxygen atoms in total. The van der Waals surface area contributed by atoms with E-state index in [0.717, 1.165) is 24.1 Å². The number of nitrogens with zero attached hydrogens (tertiary/aromatic N) is 2. The number of hydrogen-bond acceptors (Lipinski definition) is 3. The van der Waals surface area contributed by atoms with Gasteiger partial charge in [0, 0.05) is 18.3 Å². The van der Waals surface area contributed by atoms with Gasteiger partial charge in [0.05, 0.1) is 6.54 Å². The molecule has 6 heteroatoms. The zero-order chi connectivity index (χ0) is 17.7. The molecule has 1 aliphatic rings. The van der Waals surface area contributed by atoms with E-state index in [2.05, 4.69) is 10.3 Å². The summed E-state index contributed by atoms with van der Waals surface area (Å²) in [6.07, 6.45) is 1.78. The van der Waals surface area contributed by atoms with Crippen LogP contribution in [-0.2, 0) is 4.74 Å². The third kappa shape index (κ3) is 6.10. The zero-order valence-corrected chi connectivity index (χ0v) is 15.0. The van der Waals surface area contributed by atoms with Crippen LogP contribution in [-0.4, -0.2) is 41.7 Å². The molecule has 2 rings (SSSR count). The van der Waals surface area contributed by atoms with Crippen molar-refractivity contribution in [1.82, 2.24) is 4.90 Å². The predicted molar refractivity (Wildman–Crippen MR) is 97.3 cm³/mol. The molecule has 0 bridgehead atoms. The lowest BCUT2D eigenvalue weighted by Gasteiger charge is -2.27. The summed E-state index contributed by atoms with van der Waals surface area (Å²) in [7, 11) is 0. The highest BCUT2D eigenvalue weighted by atomic mass is 16.6. The molecule has 0 unspecified atom stereocenters. The van der Waals surface area contributed by atoms with Crippen LogP contribution in [0.3, 0.4) is 0 Å². The van der Waals surface area contributed by atoms with Crippen molar-refractivity contribution in [3.8, 4) is 0 Å². The Morgan fingerprint density at radius 1 is 1.42 bits per heavy atom. The van der Waals surface area contributed by atoms with E-state index >= 15 is 0 Å². The molecular weight excluding hydrogens is 304 g/mol. The van der Waals surface area contributed by atoms with Gasteiger partial charge in [-0.05, 0) is 58.2 Å². The smallest absolute Gasteiger partial charge is 0.410 e. The third-order valence-corrected chi connectivity index (χ3v) is 3.53. The molecule has 0 saturated heterocycles. The summed E-state index contributed by atoms with van der Waals surface area (Å²) in [6.45, 7) is 8.59. The molecule has 1 aliphatic carbocycles. The van der Waals surface area contributed by atoms with Crippen molar-refractivity contribution < 1.29 is 9.53 Å². The van der Waals surface area contributed by atoms with Crippen LogP contribution in [0.4, 0.5) is 10.5 Å². The highest BCUT2D eigenvalue weighted by Gasteiger charge is 2.34. The molecule has 0 aromatic heterocycles. The first-order valence-electron chi connectivity index (χ1n) is 8.38. The largest absolute Gasteiger partial charge is 0.444 e. The van der Waals surface area contributed by atoms with E-state index in [1.54, 1.807) is 4.90 Å². The monoisotopic (exact) mass is 332 g/mol. The first kappa shape index (κ1) is 18.1. The third-order valence-electron chi connectivity index (χ3n) is 3.53. The molecule has 3 N–H and O–H groups in total. The number of rotatable bonds is 5. The van der Waals surface area contributed by atoms with E-state index in [4.69, 9.17) is 10.5 Å². The number of nitrogens with two attached hydrogens (primary N) is 1. The average Bonchev–Trinajstić information content (AvgIpc) is 3.26. The standard InChI is InChI=1S/C18H28N4O2/c1-13-6-5-7-14(12-13)21-16(19)20-10-11-22(15-8-9-15)17(23)24-18(2,3)4/h5-7,12,15H,8-11H2,1-4H3,(H3,19,20,21). The Morgan fingerprint density at radius 3 is 2.71 bits per heavy atom. The molecule has 0 atom stereocenters. The van der Waals surface area contributed by atoms with E-state index < -0.39 is 5.60 Å². The SMILES string of the molecule is Cc1cccc(NC(N)=NCCN(C(=O)OC(C)(C)C)C2CC2)c1. The van der Waals surface area contributed by atoms with Crippen molar-refractivity contribution >= 4 is 17.7 Å². The van der Waals surface area contributed by atoms with Gasteiger partial charge in [-0.3, -0.25) is 4.99 Å². The molecular formula is C18H28N4O2. The van der Waals surface area contributed by atoms with Crippen LogP contribution in [0.2, 0.25) is 0 Å². The Hall–Kier alpha value is -2.24. The van der Waals surface area contributed by atoms with Crippen LogP contribution in [0.5, 0.6) is 0 Å². The van der Waals surface area contributed by atoms with Crippen LogP contribution < -0.4 is 11.1 Å². The lowest BCUT2D eigenvalue weighted by Crippen LogP contribution is -2.40. The molecule has 24 heavy (non-hydrogen) atoms. The van der Waals surface area contributed by atoms with Gasteiger partial charge in [0.25, 0.3) is 0 Å². The summed E-state index contributed by atoms with van der Waals surface area (Å²) in [4.78, 5) is 18.3. The van der Waals surface area contributed by atoms with Gasteiger partial charge in [0.1, 0.15) is 5.60 Å². The number of ether oxygens (including phenoxy) is 1. The fourth-order valence-electron chi connectivity index (χ4n) is 2.32. The summed E-state index contributed by atoms with van der Waals surface area (Å²) in [6, 6.07) is 8.20. The van der Waals surface area contributed by atoms with Crippen molar-refractivity contribution in [2.75, 3.05) is 18.4 Å². The van der Waals surface area contributed by atoms with Gasteiger partial charge in [-0.25, -0.2) is 4.79 Å². The molecule has 132 valence electrons. The number of amides is 1. The quantitative estimate of drug-likeness (QED) is 0.641. The highest BCUT2D eigenvalue weighted by Crippen LogP contribution is 2.28. The second-order valence-electron chi connectivity index (χ2n) is 7.17. The van der Waals surface area contributed by atoms with Crippen LogP contribution in [0.1, 0.15) is 39.2 Å². The van der Waals surface area contributed by atoms with Gasteiger partial charge in [0.15, 0.2) is 5.96 Å². The molecule has 1 aromatic carbocycles. The Morgan fingerprint density at radius 2 is 2.12 bits per heavy atom. The Labute approximate surface area is 144 Å². The molecule has 1 aromatic rings. The topological polar surface area (TPSA) is 80.0 Å². The van der Waals surface area contributed by atoms with E-state index in [-0.39, 0.29) is 12.1 Å². The Balaban J connectivity index is 1.86. The van der Waals surface area contributed by atoms with Crippen molar-refractivity contribution in [3.05, 3.63) is 29.8 Å². The number of benzene rings is 1. The summed E-state index contributed by atoms with van der Waals surface area (Å²) >= 11 is 0. The number of carbonyl (C=O) groups excluding carboxylic acids is 1. The molecule has 0 aliphatic heterocycles. The molecule has 1 fully saturated rings. The number of nitrogens with one attached hydrogen (secondary N) is 1. The minimum atomic E-state index is -0.487. The van der Waals surface area contributed by atoms with E-state index in [1.165, 1.54) is 0 Å². The van der Waals surface area contributed by atoms with Gasteiger partial charge in [0.2, 0.25) is 0 Å². The van der Waals surface area contributed by atoms with Gasteiger partial charge >= 0.3 is 6.09 Å². The minimum absolute atomic E-state index is 0.273. The maximum atomic E-state index is 12.3. The van der Waals surface area contributed by atoms with Crippen LogP contribution in [0, 0.1) is 6.92 Å². The number of guanidine groups is 1. The molecule has 0 spiro atoms. The summed E-state index contributed by atoms with van der Waals surface area (Å²) in [5.74, 6) is 0.348. The van der Waals surface area contributed by atoms with Crippen LogP contribution in [0.15, 0.2) is 29.3 Å². The fraction of sp³-hybridized carbons (Fsp3) is 0.556. The maximum absolute atomic E-state index is 12.3. The van der Waals surface area contributed by atoms with Gasteiger partial charge in [-0.15, -0.1) is 0 Å². The van der Waals surface area contributed by atoms with Gasteiger partial charge in [-0.1, -0.05) is 12.1 Å². The summed E-state index contributed by atoms with van der Waals surface area (Å²) in [5, 5.41) is 3.06. The Kier molecular flexibility index (Phi) is 5.70. The van der Waals surface area contributed by atoms with Gasteiger partial charge in [-0.2, -0.15) is 0 Å². The van der Waals surface area contributed by atoms with Gasteiger partial charge < -0.3 is 20.7 Å². The number of aryl methyl sites for hydroxylation is 1. The van der Waals surface area contributed by atoms with E-state index in [0.29, 0.717) is 19.0 Å². The van der Waals surface area contributed by atoms with Crippen molar-refractivity contribution in [2.45, 2.75) is 52.2 Å². The first-order valence-corrected chi connectivity index (χ1v) is 8.38. The number of anilines is 1. The normalized spacial score (nSPS) is 15.1. The molecule has 1 saturated carbocycles. The summed E-state index contributed by atoms with van der Waals surface area (Å²) < 4.78 is 5.46. The molecule has 0 heterocycles. The molecule has 0 radical (unpaired) electrons. The van der Waals surface area contributed by atoms with Crippen molar-refractivity contribution in [3.63, 3.8) is 0 Å². The van der Waals surface area contributed by atoms with Crippen LogP contribution in [0.25, 0.3) is 0 Å². The van der Waals surface area contributed by atoms with Crippen molar-refractivity contribution in [2.24, 2.45) is 10.7 Å². The second kappa shape index (κ2) is 7.55. The minimum Gasteiger partial charge on any atom is -0.444 e. The second-order valence-corrected chi connectivity index (χ2v) is 7.17. The lowest BCUT2D eigenvalue weighted by atomic mass is 10.2. The molecule has 1 amide bonds. The first-order chi connectivity index (χ1) is 11.2. The van der Waals surface area contributed by atoms with E-state index in [9.17, 15) is 4.79 Å². The zero-order valence-electron chi connectivity index (χ0n) is 15.0. The number of carbonyl (C=O) groups is 1. The van der Waals surface area contributed by atoms with Crippen molar-refractivity contribution in [1.29, 1.82) is 0 Å². The highest BCUT2D eigenvalue weighted by molar-refractivity contribution is 5.92. The lowest BCUT2D eigenvalue weighted by molar-refractivity contribution is 0.0240.